The van der Waals surface area contributed by atoms with Crippen LogP contribution in [0.15, 0.2) is 12.1 Å². The maximum atomic E-state index is 11.7. The summed E-state index contributed by atoms with van der Waals surface area (Å²) in [5, 5.41) is 0. The molecule has 1 aromatic rings. The average Bonchev–Trinajstić information content (AvgIpc) is 1.99. The van der Waals surface area contributed by atoms with Gasteiger partial charge in [-0.25, -0.2) is 0 Å². The predicted octanol–water partition coefficient (Wildman–Crippen LogP) is 2.26. The molecule has 0 fully saturated rings. The summed E-state index contributed by atoms with van der Waals surface area (Å²) in [6.07, 6.45) is -0.255. The van der Waals surface area contributed by atoms with Crippen molar-refractivity contribution in [3.63, 3.8) is 0 Å². The third-order valence-corrected chi connectivity index (χ3v) is 2.89. The molecule has 0 saturated heterocycles. The lowest BCUT2D eigenvalue weighted by Crippen LogP contribution is -2.07. The van der Waals surface area contributed by atoms with Gasteiger partial charge in [-0.1, -0.05) is 17.7 Å². The van der Waals surface area contributed by atoms with E-state index in [9.17, 15) is 9.36 Å². The smallest absolute Gasteiger partial charge is 0.196 e. The highest BCUT2D eigenvalue weighted by Gasteiger charge is 2.14. The van der Waals surface area contributed by atoms with Gasteiger partial charge < -0.3 is 4.89 Å². The first-order valence-corrected chi connectivity index (χ1v) is 6.31. The van der Waals surface area contributed by atoms with E-state index in [1.807, 2.05) is 32.9 Å². The summed E-state index contributed by atoms with van der Waals surface area (Å²) in [6, 6.07) is 3.82. The topological polar surface area (TPSA) is 54.4 Å². The van der Waals surface area contributed by atoms with Crippen LogP contribution in [0.4, 0.5) is 0 Å². The zero-order valence-electron chi connectivity index (χ0n) is 9.13. The molecule has 0 aliphatic rings. The van der Waals surface area contributed by atoms with Crippen molar-refractivity contribution in [3.05, 3.63) is 34.4 Å². The van der Waals surface area contributed by atoms with Crippen molar-refractivity contribution in [3.8, 4) is 0 Å². The van der Waals surface area contributed by atoms with Gasteiger partial charge in [0.2, 0.25) is 0 Å². The molecule has 3 nitrogen and oxygen atoms in total. The molecule has 0 aliphatic carbocycles. The molecule has 0 spiro atoms. The summed E-state index contributed by atoms with van der Waals surface area (Å²) in [5.74, 6) is -0.239. The minimum Gasteiger partial charge on any atom is -0.346 e. The van der Waals surface area contributed by atoms with Gasteiger partial charge in [-0.15, -0.1) is 0 Å². The van der Waals surface area contributed by atoms with Gasteiger partial charge in [-0.3, -0.25) is 9.36 Å². The van der Waals surface area contributed by atoms with E-state index in [0.29, 0.717) is 5.56 Å². The Kier molecular flexibility index (Phi) is 3.83. The molecule has 4 heteroatoms. The first-order valence-electron chi connectivity index (χ1n) is 4.74. The molecule has 1 unspecified atom stereocenters. The van der Waals surface area contributed by atoms with Crippen LogP contribution < -0.4 is 0 Å². The quantitative estimate of drug-likeness (QED) is 0.635. The molecular weight excluding hydrogens is 211 g/mol. The summed E-state index contributed by atoms with van der Waals surface area (Å²) in [7, 11) is -2.72. The van der Waals surface area contributed by atoms with Gasteiger partial charge in [-0.2, -0.15) is 0 Å². The molecule has 0 bridgehead atoms. The van der Waals surface area contributed by atoms with Crippen molar-refractivity contribution in [2.45, 2.75) is 20.8 Å². The fraction of sp³-hybridized carbons (Fsp3) is 0.364. The minimum absolute atomic E-state index is 0.239. The van der Waals surface area contributed by atoms with E-state index in [1.165, 1.54) is 0 Å². The van der Waals surface area contributed by atoms with Crippen molar-refractivity contribution in [2.75, 3.05) is 6.16 Å². The van der Waals surface area contributed by atoms with Crippen molar-refractivity contribution < 1.29 is 14.3 Å². The Morgan fingerprint density at radius 3 is 2.13 bits per heavy atom. The predicted molar refractivity (Wildman–Crippen MR) is 61.1 cm³/mol. The van der Waals surface area contributed by atoms with Crippen LogP contribution in [0.2, 0.25) is 0 Å². The number of Topliss-reactive ketones (excluding diaryl/α,β-unsaturated/α-hetero) is 1. The fourth-order valence-electron chi connectivity index (χ4n) is 1.85. The third kappa shape index (κ3) is 3.01. The monoisotopic (exact) mass is 226 g/mol. The molecule has 0 heterocycles. The largest absolute Gasteiger partial charge is 0.346 e. The maximum Gasteiger partial charge on any atom is 0.196 e. The number of aryl methyl sites for hydroxylation is 3. The number of benzene rings is 1. The molecule has 0 saturated carbocycles. The van der Waals surface area contributed by atoms with E-state index < -0.39 is 8.03 Å². The number of carbonyl (C=O) groups excluding carboxylic acids is 1. The molecule has 1 atom stereocenters. The number of hydrogen-bond donors (Lipinski definition) is 1. The molecular formula is C11H15O3P. The summed E-state index contributed by atoms with van der Waals surface area (Å²) in [6.45, 7) is 5.66. The van der Waals surface area contributed by atoms with E-state index in [4.69, 9.17) is 4.89 Å². The molecule has 82 valence electrons. The van der Waals surface area contributed by atoms with Crippen molar-refractivity contribution in [1.82, 2.24) is 0 Å². The van der Waals surface area contributed by atoms with E-state index in [1.54, 1.807) is 0 Å². The Morgan fingerprint density at radius 2 is 1.73 bits per heavy atom. The second-order valence-electron chi connectivity index (χ2n) is 3.77. The molecule has 0 aromatic heterocycles. The van der Waals surface area contributed by atoms with E-state index in [-0.39, 0.29) is 11.9 Å². The van der Waals surface area contributed by atoms with Gasteiger partial charge in [0.05, 0.1) is 6.16 Å². The molecule has 1 N–H and O–H groups in total. The van der Waals surface area contributed by atoms with Gasteiger partial charge in [0.25, 0.3) is 0 Å². The van der Waals surface area contributed by atoms with Crippen LogP contribution in [0.3, 0.4) is 0 Å². The second-order valence-corrected chi connectivity index (χ2v) is 4.91. The van der Waals surface area contributed by atoms with Crippen molar-refractivity contribution >= 4 is 13.8 Å². The normalized spacial score (nSPS) is 12.5. The van der Waals surface area contributed by atoms with Gasteiger partial charge in [0.15, 0.2) is 13.8 Å². The maximum absolute atomic E-state index is 11.7. The number of ketones is 1. The number of rotatable bonds is 3. The summed E-state index contributed by atoms with van der Waals surface area (Å²) < 4.78 is 10.6. The first kappa shape index (κ1) is 12.2. The van der Waals surface area contributed by atoms with Gasteiger partial charge in [0, 0.05) is 5.56 Å². The zero-order chi connectivity index (χ0) is 11.6. The third-order valence-electron chi connectivity index (χ3n) is 2.27. The Bertz CT molecular complexity index is 401. The van der Waals surface area contributed by atoms with Crippen LogP contribution in [-0.4, -0.2) is 16.8 Å². The van der Waals surface area contributed by atoms with Crippen LogP contribution in [0.1, 0.15) is 27.0 Å². The van der Waals surface area contributed by atoms with E-state index in [0.717, 1.165) is 16.7 Å². The molecule has 0 aliphatic heterocycles. The van der Waals surface area contributed by atoms with Crippen LogP contribution in [0.25, 0.3) is 0 Å². The number of hydrogen-bond acceptors (Lipinski definition) is 2. The Hall–Kier alpha value is -0.920. The van der Waals surface area contributed by atoms with E-state index >= 15 is 0 Å². The molecule has 0 radical (unpaired) electrons. The summed E-state index contributed by atoms with van der Waals surface area (Å²) >= 11 is 0. The van der Waals surface area contributed by atoms with Crippen LogP contribution in [0.5, 0.6) is 0 Å². The Labute approximate surface area is 90.0 Å². The van der Waals surface area contributed by atoms with Crippen molar-refractivity contribution in [1.29, 1.82) is 0 Å². The summed E-state index contributed by atoms with van der Waals surface area (Å²) in [4.78, 5) is 20.4. The SMILES string of the molecule is Cc1cc(C)c(C(=O)C[PH](=O)O)c(C)c1. The lowest BCUT2D eigenvalue weighted by atomic mass is 9.97. The van der Waals surface area contributed by atoms with Crippen LogP contribution >= 0.6 is 8.03 Å². The van der Waals surface area contributed by atoms with Gasteiger partial charge in [-0.05, 0) is 31.9 Å². The lowest BCUT2D eigenvalue weighted by Gasteiger charge is -2.09. The minimum atomic E-state index is -2.72. The molecule has 0 amide bonds. The van der Waals surface area contributed by atoms with Crippen molar-refractivity contribution in [2.24, 2.45) is 0 Å². The highest BCUT2D eigenvalue weighted by atomic mass is 31.1. The van der Waals surface area contributed by atoms with Gasteiger partial charge >= 0.3 is 0 Å². The highest BCUT2D eigenvalue weighted by Crippen LogP contribution is 2.21. The second kappa shape index (κ2) is 4.73. The molecule has 1 rings (SSSR count). The van der Waals surface area contributed by atoms with E-state index in [2.05, 4.69) is 0 Å². The fourth-order valence-corrected chi connectivity index (χ4v) is 2.30. The number of carbonyl (C=O) groups is 1. The highest BCUT2D eigenvalue weighted by molar-refractivity contribution is 7.39. The van der Waals surface area contributed by atoms with Crippen LogP contribution in [0, 0.1) is 20.8 Å². The zero-order valence-corrected chi connectivity index (χ0v) is 10.1. The Balaban J connectivity index is 3.14. The van der Waals surface area contributed by atoms with Gasteiger partial charge in [0.1, 0.15) is 0 Å². The lowest BCUT2D eigenvalue weighted by molar-refractivity contribution is 0.101. The van der Waals surface area contributed by atoms with Crippen LogP contribution in [-0.2, 0) is 4.57 Å². The standard InChI is InChI=1S/C11H15O3P/c1-7-4-8(2)11(9(3)5-7)10(12)6-15(13)14/h4-5,15H,6H2,1-3H3,(H,13,14). The molecule has 15 heavy (non-hydrogen) atoms. The Morgan fingerprint density at radius 1 is 1.27 bits per heavy atom. The summed E-state index contributed by atoms with van der Waals surface area (Å²) in [5.41, 5.74) is 3.44. The average molecular weight is 226 g/mol. The molecule has 1 aromatic carbocycles. The first-order chi connectivity index (χ1) is 6.91.